The molecule has 0 spiro atoms. The highest BCUT2D eigenvalue weighted by atomic mass is 32.2. The lowest BCUT2D eigenvalue weighted by molar-refractivity contribution is 0.0638. The predicted octanol–water partition coefficient (Wildman–Crippen LogP) is 1.47. The molecule has 1 saturated heterocycles. The molecule has 0 radical (unpaired) electrons. The van der Waals surface area contributed by atoms with Crippen LogP contribution in [-0.4, -0.2) is 43.3 Å². The smallest absolute Gasteiger partial charge is 0.254 e. The van der Waals surface area contributed by atoms with Gasteiger partial charge in [0.2, 0.25) is 0 Å². The van der Waals surface area contributed by atoms with Crippen LogP contribution in [0.25, 0.3) is 0 Å². The molecule has 1 atom stereocenters. The molecule has 1 unspecified atom stereocenters. The molecule has 6 heteroatoms. The van der Waals surface area contributed by atoms with E-state index in [9.17, 15) is 17.6 Å². The lowest BCUT2D eigenvalue weighted by Crippen LogP contribution is -2.48. The van der Waals surface area contributed by atoms with Gasteiger partial charge in [-0.3, -0.25) is 4.79 Å². The van der Waals surface area contributed by atoms with Crippen molar-refractivity contribution in [1.29, 1.82) is 0 Å². The second kappa shape index (κ2) is 4.59. The topological polar surface area (TPSA) is 54.5 Å². The van der Waals surface area contributed by atoms with E-state index in [1.54, 1.807) is 14.0 Å². The van der Waals surface area contributed by atoms with Crippen LogP contribution < -0.4 is 0 Å². The number of hydrogen-bond donors (Lipinski definition) is 0. The van der Waals surface area contributed by atoms with Crippen LogP contribution in [0.2, 0.25) is 0 Å². The molecule has 1 amide bonds. The summed E-state index contributed by atoms with van der Waals surface area (Å²) in [7, 11) is -1.49. The molecule has 1 fully saturated rings. The summed E-state index contributed by atoms with van der Waals surface area (Å²) < 4.78 is 36.0. The molecule has 0 aliphatic carbocycles. The Morgan fingerprint density at radius 2 is 1.89 bits per heavy atom. The summed E-state index contributed by atoms with van der Waals surface area (Å²) in [6.45, 7) is 1.76. The van der Waals surface area contributed by atoms with Crippen molar-refractivity contribution in [2.45, 2.75) is 18.9 Å². The third-order valence-corrected chi connectivity index (χ3v) is 5.58. The first kappa shape index (κ1) is 14.0. The van der Waals surface area contributed by atoms with E-state index in [4.69, 9.17) is 0 Å². The number of carbonyl (C=O) groups excluding carboxylic acids is 1. The Hall–Kier alpha value is -1.43. The van der Waals surface area contributed by atoms with Crippen LogP contribution in [-0.2, 0) is 9.84 Å². The minimum atomic E-state index is -3.08. The molecule has 0 bridgehead atoms. The van der Waals surface area contributed by atoms with Gasteiger partial charge in [0.05, 0.1) is 17.0 Å². The minimum Gasteiger partial charge on any atom is -0.335 e. The van der Waals surface area contributed by atoms with Gasteiger partial charge in [0, 0.05) is 12.6 Å². The van der Waals surface area contributed by atoms with Crippen LogP contribution in [0.1, 0.15) is 23.7 Å². The number of carbonyl (C=O) groups is 1. The van der Waals surface area contributed by atoms with Crippen molar-refractivity contribution in [3.05, 3.63) is 35.6 Å². The highest BCUT2D eigenvalue weighted by molar-refractivity contribution is 7.91. The first-order valence-electron chi connectivity index (χ1n) is 5.98. The number of benzene rings is 1. The zero-order valence-electron chi connectivity index (χ0n) is 10.9. The molecule has 1 aliphatic heterocycles. The number of halogens is 1. The van der Waals surface area contributed by atoms with Gasteiger partial charge in [0.15, 0.2) is 9.84 Å². The molecular formula is C13H16FNO3S. The fourth-order valence-corrected chi connectivity index (χ4v) is 4.47. The molecule has 1 heterocycles. The zero-order valence-corrected chi connectivity index (χ0v) is 11.7. The van der Waals surface area contributed by atoms with E-state index < -0.39 is 21.2 Å². The quantitative estimate of drug-likeness (QED) is 0.827. The SMILES string of the molecule is CN(C(=O)c1ccc(F)cc1)C1(C)CCS(=O)(=O)C1. The summed E-state index contributed by atoms with van der Waals surface area (Å²) in [6.07, 6.45) is 0.429. The molecule has 0 N–H and O–H groups in total. The van der Waals surface area contributed by atoms with Gasteiger partial charge in [-0.25, -0.2) is 12.8 Å². The molecule has 1 aliphatic rings. The lowest BCUT2D eigenvalue weighted by atomic mass is 9.99. The second-order valence-corrected chi connectivity index (χ2v) is 7.39. The van der Waals surface area contributed by atoms with Crippen molar-refractivity contribution < 1.29 is 17.6 Å². The van der Waals surface area contributed by atoms with Crippen molar-refractivity contribution in [3.8, 4) is 0 Å². The third-order valence-electron chi connectivity index (χ3n) is 3.69. The van der Waals surface area contributed by atoms with Gasteiger partial charge < -0.3 is 4.90 Å². The van der Waals surface area contributed by atoms with Gasteiger partial charge in [0.25, 0.3) is 5.91 Å². The van der Waals surface area contributed by atoms with Gasteiger partial charge in [0.1, 0.15) is 5.82 Å². The summed E-state index contributed by atoms with van der Waals surface area (Å²) in [5.74, 6) is -0.623. The molecule has 4 nitrogen and oxygen atoms in total. The number of hydrogen-bond acceptors (Lipinski definition) is 3. The lowest BCUT2D eigenvalue weighted by Gasteiger charge is -2.34. The van der Waals surface area contributed by atoms with E-state index in [-0.39, 0.29) is 17.4 Å². The predicted molar refractivity (Wildman–Crippen MR) is 70.2 cm³/mol. The Balaban J connectivity index is 2.22. The largest absolute Gasteiger partial charge is 0.335 e. The van der Waals surface area contributed by atoms with Crippen LogP contribution in [0.15, 0.2) is 24.3 Å². The van der Waals surface area contributed by atoms with Crippen LogP contribution in [0.5, 0.6) is 0 Å². The van der Waals surface area contributed by atoms with E-state index in [2.05, 4.69) is 0 Å². The van der Waals surface area contributed by atoms with Gasteiger partial charge >= 0.3 is 0 Å². The summed E-state index contributed by atoms with van der Waals surface area (Å²) in [4.78, 5) is 13.7. The Bertz CT molecular complexity index is 597. The summed E-state index contributed by atoms with van der Waals surface area (Å²) in [5.41, 5.74) is -0.334. The minimum absolute atomic E-state index is 0.0244. The van der Waals surface area contributed by atoms with Crippen LogP contribution >= 0.6 is 0 Å². The highest BCUT2D eigenvalue weighted by Crippen LogP contribution is 2.29. The average Bonchev–Trinajstić information content (AvgIpc) is 2.64. The van der Waals surface area contributed by atoms with Crippen molar-refractivity contribution in [2.24, 2.45) is 0 Å². The van der Waals surface area contributed by atoms with Gasteiger partial charge in [-0.05, 0) is 37.6 Å². The van der Waals surface area contributed by atoms with Crippen molar-refractivity contribution in [1.82, 2.24) is 4.90 Å². The fourth-order valence-electron chi connectivity index (χ4n) is 2.29. The van der Waals surface area contributed by atoms with Gasteiger partial charge in [-0.2, -0.15) is 0 Å². The Kier molecular flexibility index (Phi) is 3.38. The first-order valence-corrected chi connectivity index (χ1v) is 7.80. The molecule has 0 aromatic heterocycles. The maximum Gasteiger partial charge on any atom is 0.254 e. The third kappa shape index (κ3) is 2.78. The van der Waals surface area contributed by atoms with E-state index >= 15 is 0 Å². The highest BCUT2D eigenvalue weighted by Gasteiger charge is 2.43. The molecule has 104 valence electrons. The Morgan fingerprint density at radius 1 is 1.32 bits per heavy atom. The first-order chi connectivity index (χ1) is 8.73. The van der Waals surface area contributed by atoms with Crippen molar-refractivity contribution in [3.63, 3.8) is 0 Å². The van der Waals surface area contributed by atoms with Gasteiger partial charge in [-0.1, -0.05) is 0 Å². The number of amides is 1. The zero-order chi connectivity index (χ0) is 14.3. The average molecular weight is 285 g/mol. The molecule has 0 saturated carbocycles. The van der Waals surface area contributed by atoms with Crippen LogP contribution in [0.4, 0.5) is 4.39 Å². The van der Waals surface area contributed by atoms with E-state index in [1.165, 1.54) is 29.2 Å². The maximum absolute atomic E-state index is 12.8. The van der Waals surface area contributed by atoms with E-state index in [0.29, 0.717) is 12.0 Å². The van der Waals surface area contributed by atoms with E-state index in [0.717, 1.165) is 0 Å². The summed E-state index contributed by atoms with van der Waals surface area (Å²) in [5, 5.41) is 0. The Morgan fingerprint density at radius 3 is 2.37 bits per heavy atom. The van der Waals surface area contributed by atoms with Crippen molar-refractivity contribution >= 4 is 15.7 Å². The summed E-state index contributed by atoms with van der Waals surface area (Å²) >= 11 is 0. The van der Waals surface area contributed by atoms with Crippen molar-refractivity contribution in [2.75, 3.05) is 18.6 Å². The van der Waals surface area contributed by atoms with Crippen LogP contribution in [0, 0.1) is 5.82 Å². The monoisotopic (exact) mass is 285 g/mol. The molecule has 19 heavy (non-hydrogen) atoms. The normalized spacial score (nSPS) is 25.2. The molecule has 2 rings (SSSR count). The summed E-state index contributed by atoms with van der Waals surface area (Å²) in [6, 6.07) is 5.24. The number of sulfone groups is 1. The fraction of sp³-hybridized carbons (Fsp3) is 0.462. The second-order valence-electron chi connectivity index (χ2n) is 5.21. The van der Waals surface area contributed by atoms with Gasteiger partial charge in [-0.15, -0.1) is 0 Å². The Labute approximate surface area is 112 Å². The maximum atomic E-state index is 12.8. The molecule has 1 aromatic carbocycles. The standard InChI is InChI=1S/C13H16FNO3S/c1-13(7-8-19(17,18)9-13)15(2)12(16)10-3-5-11(14)6-4-10/h3-6H,7-9H2,1-2H3. The van der Waals surface area contributed by atoms with E-state index in [1.807, 2.05) is 0 Å². The molecule has 1 aromatic rings. The van der Waals surface area contributed by atoms with Crippen LogP contribution in [0.3, 0.4) is 0 Å². The number of nitrogens with zero attached hydrogens (tertiary/aromatic N) is 1. The number of rotatable bonds is 2. The molecular weight excluding hydrogens is 269 g/mol.